The van der Waals surface area contributed by atoms with Crippen LogP contribution >= 0.6 is 23.7 Å². The molecule has 0 aliphatic carbocycles. The number of carbonyl (C=O) groups is 2. The highest BCUT2D eigenvalue weighted by atomic mass is 35.5. The summed E-state index contributed by atoms with van der Waals surface area (Å²) in [5, 5.41) is 8.52. The molecule has 8 nitrogen and oxygen atoms in total. The van der Waals surface area contributed by atoms with Gasteiger partial charge < -0.3 is 10.2 Å². The Morgan fingerprint density at radius 3 is 2.54 bits per heavy atom. The smallest absolute Gasteiger partial charge is 0.255 e. The molecule has 41 heavy (non-hydrogen) atoms. The first kappa shape index (κ1) is 28.5. The summed E-state index contributed by atoms with van der Waals surface area (Å²) in [6.45, 7) is 5.26. The lowest BCUT2D eigenvalue weighted by molar-refractivity contribution is -0.120. The van der Waals surface area contributed by atoms with Gasteiger partial charge in [-0.15, -0.1) is 23.7 Å². The van der Waals surface area contributed by atoms with Gasteiger partial charge in [0.15, 0.2) is 5.13 Å². The van der Waals surface area contributed by atoms with E-state index in [1.165, 1.54) is 11.3 Å². The molecular weight excluding hydrogens is 556 g/mol. The first-order chi connectivity index (χ1) is 19.6. The number of carbonyl (C=O) groups excluding carboxylic acids is 2. The Morgan fingerprint density at radius 2 is 1.80 bits per heavy atom. The van der Waals surface area contributed by atoms with Crippen LogP contribution in [0.1, 0.15) is 44.3 Å². The molecule has 2 aromatic carbocycles. The molecule has 1 fully saturated rings. The molecule has 208 valence electrons. The van der Waals surface area contributed by atoms with Crippen molar-refractivity contribution in [2.45, 2.75) is 19.1 Å². The van der Waals surface area contributed by atoms with Crippen LogP contribution in [0.15, 0.2) is 78.4 Å². The van der Waals surface area contributed by atoms with Crippen molar-refractivity contribution < 1.29 is 9.59 Å². The molecule has 2 aromatic heterocycles. The molecule has 0 saturated carbocycles. The maximum atomic E-state index is 13.6. The number of thiazole rings is 1. The lowest BCUT2D eigenvalue weighted by atomic mass is 10.0. The first-order valence-electron chi connectivity index (χ1n) is 13.2. The number of fused-ring (bicyclic) bond motifs is 1. The summed E-state index contributed by atoms with van der Waals surface area (Å²) in [5.41, 5.74) is 4.77. The van der Waals surface area contributed by atoms with E-state index >= 15 is 0 Å². The van der Waals surface area contributed by atoms with Crippen LogP contribution in [0.3, 0.4) is 0 Å². The van der Waals surface area contributed by atoms with E-state index in [4.69, 9.17) is 0 Å². The van der Waals surface area contributed by atoms with Crippen LogP contribution < -0.4 is 10.6 Å². The van der Waals surface area contributed by atoms with Gasteiger partial charge in [0.1, 0.15) is 6.04 Å². The number of benzene rings is 2. The molecule has 2 N–H and O–H groups in total. The fourth-order valence-corrected chi connectivity index (χ4v) is 5.54. The van der Waals surface area contributed by atoms with Crippen LogP contribution in [0, 0.1) is 11.8 Å². The molecule has 0 radical (unpaired) electrons. The van der Waals surface area contributed by atoms with Crippen molar-refractivity contribution in [3.05, 3.63) is 112 Å². The highest BCUT2D eigenvalue weighted by Gasteiger charge is 2.37. The predicted octanol–water partition coefficient (Wildman–Crippen LogP) is 4.10. The fourth-order valence-electron chi connectivity index (χ4n) is 5.01. The molecule has 4 aromatic rings. The van der Waals surface area contributed by atoms with Gasteiger partial charge in [-0.2, -0.15) is 0 Å². The monoisotopic (exact) mass is 584 g/mol. The summed E-state index contributed by atoms with van der Waals surface area (Å²) in [5.74, 6) is 5.85. The minimum Gasteiger partial charge on any atom is -0.318 e. The van der Waals surface area contributed by atoms with E-state index in [0.717, 1.165) is 60.7 Å². The van der Waals surface area contributed by atoms with Gasteiger partial charge in [0.05, 0.1) is 5.69 Å². The SMILES string of the molecule is Cl.O=C(Nc1nccs1)C(c1ccccc1)N1Cc2ccc(C#Cc3ccc(CN4CCNCC4)nc3)cc2C1=O. The normalized spacial score (nSPS) is 15.3. The summed E-state index contributed by atoms with van der Waals surface area (Å²) >= 11 is 1.34. The van der Waals surface area contributed by atoms with E-state index in [2.05, 4.69) is 37.3 Å². The van der Waals surface area contributed by atoms with Crippen LogP contribution in [0.2, 0.25) is 0 Å². The largest absolute Gasteiger partial charge is 0.318 e. The van der Waals surface area contributed by atoms with E-state index < -0.39 is 6.04 Å². The zero-order valence-corrected chi connectivity index (χ0v) is 23.9. The Labute approximate surface area is 249 Å². The van der Waals surface area contributed by atoms with Crippen molar-refractivity contribution in [3.8, 4) is 11.8 Å². The molecule has 0 spiro atoms. The number of pyridine rings is 1. The molecule has 1 unspecified atom stereocenters. The minimum atomic E-state index is -0.787. The van der Waals surface area contributed by atoms with Gasteiger partial charge in [-0.05, 0) is 35.4 Å². The van der Waals surface area contributed by atoms with E-state index in [9.17, 15) is 9.59 Å². The van der Waals surface area contributed by atoms with E-state index in [1.54, 1.807) is 22.7 Å². The average molecular weight is 585 g/mol. The van der Waals surface area contributed by atoms with Gasteiger partial charge in [-0.1, -0.05) is 48.2 Å². The van der Waals surface area contributed by atoms with Crippen molar-refractivity contribution in [1.29, 1.82) is 0 Å². The van der Waals surface area contributed by atoms with Gasteiger partial charge in [0.25, 0.3) is 11.8 Å². The number of aromatic nitrogens is 2. The van der Waals surface area contributed by atoms with Crippen molar-refractivity contribution in [1.82, 2.24) is 25.1 Å². The van der Waals surface area contributed by atoms with Gasteiger partial charge in [0, 0.05) is 73.7 Å². The number of anilines is 1. The first-order valence-corrected chi connectivity index (χ1v) is 14.1. The van der Waals surface area contributed by atoms with Gasteiger partial charge in [-0.3, -0.25) is 24.8 Å². The Hall–Kier alpha value is -4.07. The van der Waals surface area contributed by atoms with Crippen molar-refractivity contribution in [2.24, 2.45) is 0 Å². The second-order valence-corrected chi connectivity index (χ2v) is 10.7. The van der Waals surface area contributed by atoms with Gasteiger partial charge >= 0.3 is 0 Å². The number of rotatable bonds is 6. The second kappa shape index (κ2) is 13.1. The molecule has 2 aliphatic heterocycles. The molecule has 6 rings (SSSR count). The summed E-state index contributed by atoms with van der Waals surface area (Å²) < 4.78 is 0. The van der Waals surface area contributed by atoms with Gasteiger partial charge in [0.2, 0.25) is 0 Å². The van der Waals surface area contributed by atoms with E-state index in [1.807, 2.05) is 60.7 Å². The lowest BCUT2D eigenvalue weighted by Crippen LogP contribution is -2.43. The lowest BCUT2D eigenvalue weighted by Gasteiger charge is -2.27. The number of piperazine rings is 1. The number of amides is 2. The average Bonchev–Trinajstić information content (AvgIpc) is 3.62. The summed E-state index contributed by atoms with van der Waals surface area (Å²) in [6, 6.07) is 18.2. The predicted molar refractivity (Wildman–Crippen MR) is 162 cm³/mol. The number of nitrogens with one attached hydrogen (secondary N) is 2. The molecule has 1 atom stereocenters. The van der Waals surface area contributed by atoms with Crippen molar-refractivity contribution >= 4 is 40.7 Å². The third kappa shape index (κ3) is 6.64. The van der Waals surface area contributed by atoms with Crippen LogP contribution in [0.4, 0.5) is 5.13 Å². The van der Waals surface area contributed by atoms with Crippen LogP contribution in [-0.4, -0.2) is 57.8 Å². The molecule has 4 heterocycles. The Kier molecular flexibility index (Phi) is 9.07. The molecule has 1 saturated heterocycles. The highest BCUT2D eigenvalue weighted by Crippen LogP contribution is 2.33. The van der Waals surface area contributed by atoms with E-state index in [0.29, 0.717) is 17.2 Å². The number of hydrogen-bond acceptors (Lipinski definition) is 7. The minimum absolute atomic E-state index is 0. The van der Waals surface area contributed by atoms with Crippen LogP contribution in [0.5, 0.6) is 0 Å². The number of hydrogen-bond donors (Lipinski definition) is 2. The third-order valence-corrected chi connectivity index (χ3v) is 7.74. The zero-order chi connectivity index (χ0) is 27.3. The molecule has 2 aliphatic rings. The quantitative estimate of drug-likeness (QED) is 0.332. The second-order valence-electron chi connectivity index (χ2n) is 9.76. The molecular formula is C31H29ClN6O2S. The van der Waals surface area contributed by atoms with E-state index in [-0.39, 0.29) is 24.2 Å². The highest BCUT2D eigenvalue weighted by molar-refractivity contribution is 7.13. The summed E-state index contributed by atoms with van der Waals surface area (Å²) in [7, 11) is 0. The van der Waals surface area contributed by atoms with Crippen molar-refractivity contribution in [3.63, 3.8) is 0 Å². The maximum Gasteiger partial charge on any atom is 0.255 e. The number of halogens is 1. The molecule has 0 bridgehead atoms. The number of nitrogens with zero attached hydrogens (tertiary/aromatic N) is 4. The fraction of sp³-hybridized carbons (Fsp3) is 0.226. The van der Waals surface area contributed by atoms with Crippen LogP contribution in [0.25, 0.3) is 0 Å². The topological polar surface area (TPSA) is 90.5 Å². The summed E-state index contributed by atoms with van der Waals surface area (Å²) in [6.07, 6.45) is 3.44. The standard InChI is InChI=1S/C31H28N6O2S.ClH/c38-29(35-31-33-14-17-40-31)28(24-4-2-1-3-5-24)37-20-25-10-8-22(18-27(25)30(37)39)6-7-23-9-11-26(34-19-23)21-36-15-12-32-13-16-36;/h1-5,8-11,14,17-19,28,32H,12-13,15-16,20-21H2,(H,33,35,38);1H. The van der Waals surface area contributed by atoms with Crippen molar-refractivity contribution in [2.75, 3.05) is 31.5 Å². The zero-order valence-electron chi connectivity index (χ0n) is 22.2. The maximum absolute atomic E-state index is 13.6. The Morgan fingerprint density at radius 1 is 1.02 bits per heavy atom. The third-order valence-electron chi connectivity index (χ3n) is 7.05. The molecule has 2 amide bonds. The van der Waals surface area contributed by atoms with Gasteiger partial charge in [-0.25, -0.2) is 4.98 Å². The summed E-state index contributed by atoms with van der Waals surface area (Å²) in [4.78, 5) is 39.8. The Balaban J connectivity index is 0.00000337. The molecule has 10 heteroatoms. The van der Waals surface area contributed by atoms with Crippen LogP contribution in [-0.2, 0) is 17.9 Å². The Bertz CT molecular complexity index is 1560.